The maximum atomic E-state index is 12.6. The monoisotopic (exact) mass is 419 g/mol. The van der Waals surface area contributed by atoms with E-state index in [2.05, 4.69) is 10.0 Å². The summed E-state index contributed by atoms with van der Waals surface area (Å²) in [5, 5.41) is 2.96. The molecule has 1 aliphatic heterocycles. The molecule has 8 heteroatoms. The molecule has 7 nitrogen and oxygen atoms in total. The molecule has 2 aliphatic carbocycles. The Morgan fingerprint density at radius 1 is 1.14 bits per heavy atom. The zero-order valence-corrected chi connectivity index (χ0v) is 17.6. The molecule has 0 aromatic heterocycles. The zero-order chi connectivity index (χ0) is 20.6. The molecule has 1 heterocycles. The van der Waals surface area contributed by atoms with Crippen LogP contribution in [0.2, 0.25) is 0 Å². The Bertz CT molecular complexity index is 905. The van der Waals surface area contributed by atoms with Crippen LogP contribution in [-0.2, 0) is 26.0 Å². The first kappa shape index (κ1) is 20.3. The Labute approximate surface area is 172 Å². The van der Waals surface area contributed by atoms with Crippen LogP contribution >= 0.6 is 0 Å². The standard InChI is InChI=1S/C21H29N3O4S/c1-14-12-16-13-18(8-9-19(16)24(14)21(26)15-6-7-15)29(27,28)22-11-10-20(25)23-17-4-2-3-5-17/h8-9,13-15,17,22H,2-7,10-12H2,1H3,(H,23,25)/t14-/m0/s1. The van der Waals surface area contributed by atoms with E-state index >= 15 is 0 Å². The molecule has 0 unspecified atom stereocenters. The fourth-order valence-electron chi connectivity index (χ4n) is 4.39. The van der Waals surface area contributed by atoms with Crippen LogP contribution in [0.25, 0.3) is 0 Å². The first-order chi connectivity index (χ1) is 13.8. The van der Waals surface area contributed by atoms with Crippen molar-refractivity contribution in [2.24, 2.45) is 5.92 Å². The van der Waals surface area contributed by atoms with Gasteiger partial charge in [-0.1, -0.05) is 12.8 Å². The van der Waals surface area contributed by atoms with Crippen molar-refractivity contribution >= 4 is 27.5 Å². The molecule has 3 aliphatic rings. The Hall–Kier alpha value is -1.93. The summed E-state index contributed by atoms with van der Waals surface area (Å²) >= 11 is 0. The normalized spacial score (nSPS) is 22.0. The molecule has 2 fully saturated rings. The largest absolute Gasteiger partial charge is 0.353 e. The number of amides is 2. The van der Waals surface area contributed by atoms with Gasteiger partial charge in [-0.15, -0.1) is 0 Å². The van der Waals surface area contributed by atoms with E-state index in [1.807, 2.05) is 11.8 Å². The second-order valence-corrected chi connectivity index (χ2v) is 10.3. The van der Waals surface area contributed by atoms with Crippen LogP contribution in [-0.4, -0.2) is 38.9 Å². The summed E-state index contributed by atoms with van der Waals surface area (Å²) in [7, 11) is -3.70. The first-order valence-corrected chi connectivity index (χ1v) is 12.1. The number of hydrogen-bond acceptors (Lipinski definition) is 4. The maximum Gasteiger partial charge on any atom is 0.240 e. The minimum atomic E-state index is -3.70. The third kappa shape index (κ3) is 4.48. The van der Waals surface area contributed by atoms with E-state index in [1.54, 1.807) is 18.2 Å². The van der Waals surface area contributed by atoms with Gasteiger partial charge in [0.05, 0.1) is 4.90 Å². The van der Waals surface area contributed by atoms with Gasteiger partial charge in [-0.25, -0.2) is 13.1 Å². The molecule has 4 rings (SSSR count). The molecule has 0 saturated heterocycles. The lowest BCUT2D eigenvalue weighted by Crippen LogP contribution is -2.36. The Morgan fingerprint density at radius 2 is 1.86 bits per heavy atom. The number of anilines is 1. The lowest BCUT2D eigenvalue weighted by molar-refractivity contribution is -0.121. The van der Waals surface area contributed by atoms with Gasteiger partial charge in [-0.05, 0) is 62.8 Å². The number of sulfonamides is 1. The molecule has 0 radical (unpaired) electrons. The van der Waals surface area contributed by atoms with Crippen LogP contribution < -0.4 is 14.9 Å². The minimum absolute atomic E-state index is 0.0447. The molecule has 2 amide bonds. The SMILES string of the molecule is C[C@H]1Cc2cc(S(=O)(=O)NCCC(=O)NC3CCCC3)ccc2N1C(=O)C1CC1. The van der Waals surface area contributed by atoms with E-state index in [9.17, 15) is 18.0 Å². The molecule has 0 spiro atoms. The van der Waals surface area contributed by atoms with E-state index < -0.39 is 10.0 Å². The topological polar surface area (TPSA) is 95.6 Å². The number of carbonyl (C=O) groups is 2. The molecule has 1 aromatic carbocycles. The van der Waals surface area contributed by atoms with Gasteiger partial charge >= 0.3 is 0 Å². The predicted molar refractivity (Wildman–Crippen MR) is 110 cm³/mol. The van der Waals surface area contributed by atoms with E-state index in [0.717, 1.165) is 49.8 Å². The van der Waals surface area contributed by atoms with Crippen LogP contribution in [0.3, 0.4) is 0 Å². The van der Waals surface area contributed by atoms with Crippen LogP contribution in [0.1, 0.15) is 57.4 Å². The van der Waals surface area contributed by atoms with Gasteiger partial charge in [-0.2, -0.15) is 0 Å². The zero-order valence-electron chi connectivity index (χ0n) is 16.8. The van der Waals surface area contributed by atoms with Gasteiger partial charge in [0.2, 0.25) is 21.8 Å². The van der Waals surface area contributed by atoms with Crippen LogP contribution in [0.15, 0.2) is 23.1 Å². The smallest absolute Gasteiger partial charge is 0.240 e. The van der Waals surface area contributed by atoms with Crippen molar-refractivity contribution in [1.29, 1.82) is 0 Å². The number of rotatable bonds is 7. The molecular weight excluding hydrogens is 390 g/mol. The molecule has 29 heavy (non-hydrogen) atoms. The highest BCUT2D eigenvalue weighted by Gasteiger charge is 2.39. The molecule has 158 valence electrons. The third-order valence-electron chi connectivity index (χ3n) is 6.11. The van der Waals surface area contributed by atoms with Crippen molar-refractivity contribution in [2.45, 2.75) is 75.3 Å². The first-order valence-electron chi connectivity index (χ1n) is 10.6. The average Bonchev–Trinajstić information content (AvgIpc) is 3.30. The summed E-state index contributed by atoms with van der Waals surface area (Å²) in [5.41, 5.74) is 1.71. The van der Waals surface area contributed by atoms with Crippen molar-refractivity contribution < 1.29 is 18.0 Å². The summed E-state index contributed by atoms with van der Waals surface area (Å²) in [4.78, 5) is 26.5. The van der Waals surface area contributed by atoms with Crippen LogP contribution in [0.5, 0.6) is 0 Å². The summed E-state index contributed by atoms with van der Waals surface area (Å²) in [6.45, 7) is 2.07. The summed E-state index contributed by atoms with van der Waals surface area (Å²) in [6, 6.07) is 5.22. The van der Waals surface area contributed by atoms with E-state index in [0.29, 0.717) is 6.42 Å². The van der Waals surface area contributed by atoms with Gasteiger partial charge in [0.1, 0.15) is 0 Å². The number of fused-ring (bicyclic) bond motifs is 1. The van der Waals surface area contributed by atoms with Crippen molar-refractivity contribution in [1.82, 2.24) is 10.0 Å². The average molecular weight is 420 g/mol. The molecule has 1 atom stereocenters. The van der Waals surface area contributed by atoms with E-state index in [4.69, 9.17) is 0 Å². The van der Waals surface area contributed by atoms with Crippen molar-refractivity contribution in [2.75, 3.05) is 11.4 Å². The van der Waals surface area contributed by atoms with E-state index in [-0.39, 0.29) is 47.7 Å². The van der Waals surface area contributed by atoms with E-state index in [1.165, 1.54) is 0 Å². The summed E-state index contributed by atoms with van der Waals surface area (Å²) in [5.74, 6) is 0.165. The number of benzene rings is 1. The van der Waals surface area contributed by atoms with Crippen molar-refractivity contribution in [3.05, 3.63) is 23.8 Å². The number of hydrogen-bond donors (Lipinski definition) is 2. The summed E-state index contributed by atoms with van der Waals surface area (Å²) in [6.07, 6.45) is 6.96. The number of nitrogens with zero attached hydrogens (tertiary/aromatic N) is 1. The molecular formula is C21H29N3O4S. The fraction of sp³-hybridized carbons (Fsp3) is 0.619. The molecule has 1 aromatic rings. The van der Waals surface area contributed by atoms with Crippen LogP contribution in [0.4, 0.5) is 5.69 Å². The van der Waals surface area contributed by atoms with Gasteiger partial charge < -0.3 is 10.2 Å². The highest BCUT2D eigenvalue weighted by Crippen LogP contribution is 2.39. The predicted octanol–water partition coefficient (Wildman–Crippen LogP) is 2.10. The maximum absolute atomic E-state index is 12.6. The van der Waals surface area contributed by atoms with Crippen molar-refractivity contribution in [3.63, 3.8) is 0 Å². The quantitative estimate of drug-likeness (QED) is 0.707. The van der Waals surface area contributed by atoms with Gasteiger partial charge in [0, 0.05) is 36.7 Å². The Morgan fingerprint density at radius 3 is 2.55 bits per heavy atom. The minimum Gasteiger partial charge on any atom is -0.353 e. The number of carbonyl (C=O) groups excluding carboxylic acids is 2. The van der Waals surface area contributed by atoms with Gasteiger partial charge in [0.15, 0.2) is 0 Å². The molecule has 2 N–H and O–H groups in total. The molecule has 2 saturated carbocycles. The van der Waals surface area contributed by atoms with Gasteiger partial charge in [-0.3, -0.25) is 9.59 Å². The van der Waals surface area contributed by atoms with Crippen LogP contribution in [0, 0.1) is 5.92 Å². The second kappa shape index (κ2) is 8.07. The Balaban J connectivity index is 1.37. The van der Waals surface area contributed by atoms with Crippen molar-refractivity contribution in [3.8, 4) is 0 Å². The second-order valence-electron chi connectivity index (χ2n) is 8.52. The lowest BCUT2D eigenvalue weighted by Gasteiger charge is -2.22. The molecule has 0 bridgehead atoms. The highest BCUT2D eigenvalue weighted by atomic mass is 32.2. The lowest BCUT2D eigenvalue weighted by atomic mass is 10.1. The Kier molecular flexibility index (Phi) is 5.66. The highest BCUT2D eigenvalue weighted by molar-refractivity contribution is 7.89. The fourth-order valence-corrected chi connectivity index (χ4v) is 5.47. The summed E-state index contributed by atoms with van der Waals surface area (Å²) < 4.78 is 27.8. The third-order valence-corrected chi connectivity index (χ3v) is 7.56. The number of nitrogens with one attached hydrogen (secondary N) is 2. The van der Waals surface area contributed by atoms with Gasteiger partial charge in [0.25, 0.3) is 0 Å².